The van der Waals surface area contributed by atoms with Crippen molar-refractivity contribution in [1.82, 2.24) is 0 Å². The minimum atomic E-state index is -1.02. The average molecular weight is 406 g/mol. The van der Waals surface area contributed by atoms with Gasteiger partial charge in [-0.25, -0.2) is 9.59 Å². The van der Waals surface area contributed by atoms with Crippen molar-refractivity contribution in [1.29, 1.82) is 0 Å². The molecular formula is C24H26N2O4. The molecule has 3 aromatic rings. The largest absolute Gasteiger partial charge is 0.478 e. The van der Waals surface area contributed by atoms with Gasteiger partial charge in [0.1, 0.15) is 6.10 Å². The van der Waals surface area contributed by atoms with Crippen LogP contribution in [0.25, 0.3) is 10.8 Å². The van der Waals surface area contributed by atoms with Crippen LogP contribution in [0.2, 0.25) is 0 Å². The smallest absolute Gasteiger partial charge is 0.412 e. The Kier molecular flexibility index (Phi) is 6.57. The minimum Gasteiger partial charge on any atom is -0.478 e. The molecule has 6 heteroatoms. The lowest BCUT2D eigenvalue weighted by molar-refractivity contribution is 0.0697. The quantitative estimate of drug-likeness (QED) is 0.527. The van der Waals surface area contributed by atoms with Gasteiger partial charge in [-0.15, -0.1) is 0 Å². The van der Waals surface area contributed by atoms with Crippen LogP contribution in [0.4, 0.5) is 16.2 Å². The van der Waals surface area contributed by atoms with Crippen molar-refractivity contribution in [3.05, 3.63) is 71.8 Å². The number of carboxylic acid groups (broad SMARTS) is 1. The SMILES string of the molecule is CCN(CC)c1ccc2cc(C(C)OC(=O)Nc3ccc(C(=O)O)cc3)ccc2c1. The first kappa shape index (κ1) is 21.2. The number of amides is 1. The molecular weight excluding hydrogens is 380 g/mol. The predicted molar refractivity (Wildman–Crippen MR) is 119 cm³/mol. The fourth-order valence-electron chi connectivity index (χ4n) is 3.36. The summed E-state index contributed by atoms with van der Waals surface area (Å²) in [6.45, 7) is 8.01. The second kappa shape index (κ2) is 9.31. The Labute approximate surface area is 176 Å². The van der Waals surface area contributed by atoms with Gasteiger partial charge in [-0.1, -0.05) is 18.2 Å². The summed E-state index contributed by atoms with van der Waals surface area (Å²) in [5, 5.41) is 13.8. The summed E-state index contributed by atoms with van der Waals surface area (Å²) in [6, 6.07) is 18.3. The van der Waals surface area contributed by atoms with Gasteiger partial charge in [0, 0.05) is 24.5 Å². The van der Waals surface area contributed by atoms with Gasteiger partial charge in [0.2, 0.25) is 0 Å². The third kappa shape index (κ3) is 4.89. The van der Waals surface area contributed by atoms with Gasteiger partial charge < -0.3 is 14.7 Å². The molecule has 0 saturated heterocycles. The van der Waals surface area contributed by atoms with Gasteiger partial charge in [-0.2, -0.15) is 0 Å². The third-order valence-electron chi connectivity index (χ3n) is 5.11. The normalized spacial score (nSPS) is 11.7. The molecule has 1 amide bonds. The second-order valence-corrected chi connectivity index (χ2v) is 7.02. The van der Waals surface area contributed by atoms with Gasteiger partial charge in [0.15, 0.2) is 0 Å². The maximum absolute atomic E-state index is 12.2. The second-order valence-electron chi connectivity index (χ2n) is 7.02. The lowest BCUT2D eigenvalue weighted by Gasteiger charge is -2.21. The molecule has 0 aromatic heterocycles. The molecule has 156 valence electrons. The molecule has 6 nitrogen and oxygen atoms in total. The lowest BCUT2D eigenvalue weighted by Crippen LogP contribution is -2.21. The topological polar surface area (TPSA) is 78.9 Å². The highest BCUT2D eigenvalue weighted by Crippen LogP contribution is 2.26. The molecule has 30 heavy (non-hydrogen) atoms. The number of ether oxygens (including phenoxy) is 1. The van der Waals surface area contributed by atoms with Crippen LogP contribution in [0, 0.1) is 0 Å². The molecule has 3 aromatic carbocycles. The molecule has 1 atom stereocenters. The first-order valence-corrected chi connectivity index (χ1v) is 10.0. The molecule has 0 aliphatic rings. The monoisotopic (exact) mass is 406 g/mol. The zero-order valence-electron chi connectivity index (χ0n) is 17.4. The van der Waals surface area contributed by atoms with Crippen molar-refractivity contribution in [3.8, 4) is 0 Å². The van der Waals surface area contributed by atoms with Crippen LogP contribution in [0.5, 0.6) is 0 Å². The fourth-order valence-corrected chi connectivity index (χ4v) is 3.36. The summed E-state index contributed by atoms with van der Waals surface area (Å²) in [7, 11) is 0. The molecule has 3 rings (SSSR count). The molecule has 0 fully saturated rings. The van der Waals surface area contributed by atoms with Crippen LogP contribution in [-0.2, 0) is 4.74 Å². The van der Waals surface area contributed by atoms with Gasteiger partial charge in [-0.3, -0.25) is 5.32 Å². The highest BCUT2D eigenvalue weighted by Gasteiger charge is 2.13. The van der Waals surface area contributed by atoms with Gasteiger partial charge in [0.05, 0.1) is 5.56 Å². The van der Waals surface area contributed by atoms with E-state index in [1.807, 2.05) is 25.1 Å². The maximum atomic E-state index is 12.2. The van der Waals surface area contributed by atoms with E-state index in [4.69, 9.17) is 9.84 Å². The molecule has 0 heterocycles. The average Bonchev–Trinajstić information content (AvgIpc) is 2.74. The van der Waals surface area contributed by atoms with E-state index in [1.165, 1.54) is 30.0 Å². The summed E-state index contributed by atoms with van der Waals surface area (Å²) in [4.78, 5) is 25.4. The molecule has 0 aliphatic carbocycles. The van der Waals surface area contributed by atoms with Crippen LogP contribution >= 0.6 is 0 Å². The van der Waals surface area contributed by atoms with E-state index < -0.39 is 18.2 Å². The van der Waals surface area contributed by atoms with E-state index in [-0.39, 0.29) is 5.56 Å². The number of hydrogen-bond donors (Lipinski definition) is 2. The van der Waals surface area contributed by atoms with Crippen molar-refractivity contribution in [2.75, 3.05) is 23.3 Å². The van der Waals surface area contributed by atoms with Gasteiger partial charge in [0.25, 0.3) is 0 Å². The van der Waals surface area contributed by atoms with Crippen molar-refractivity contribution in [2.24, 2.45) is 0 Å². The van der Waals surface area contributed by atoms with Crippen molar-refractivity contribution >= 4 is 34.2 Å². The summed E-state index contributed by atoms with van der Waals surface area (Å²) in [6.07, 6.45) is -1.03. The van der Waals surface area contributed by atoms with Crippen molar-refractivity contribution in [3.63, 3.8) is 0 Å². The number of carboxylic acids is 1. The fraction of sp³-hybridized carbons (Fsp3) is 0.250. The Hall–Kier alpha value is -3.54. The number of aromatic carboxylic acids is 1. The Morgan fingerprint density at radius 3 is 2.23 bits per heavy atom. The Morgan fingerprint density at radius 2 is 1.60 bits per heavy atom. The van der Waals surface area contributed by atoms with Gasteiger partial charge in [-0.05, 0) is 79.6 Å². The Morgan fingerprint density at radius 1 is 0.967 bits per heavy atom. The summed E-state index contributed by atoms with van der Waals surface area (Å²) in [5.74, 6) is -1.02. The Balaban J connectivity index is 1.68. The van der Waals surface area contributed by atoms with Crippen LogP contribution in [-0.4, -0.2) is 30.3 Å². The molecule has 0 saturated carbocycles. The third-order valence-corrected chi connectivity index (χ3v) is 5.11. The van der Waals surface area contributed by atoms with Crippen LogP contribution < -0.4 is 10.2 Å². The Bertz CT molecular complexity index is 1040. The zero-order valence-corrected chi connectivity index (χ0v) is 17.4. The van der Waals surface area contributed by atoms with E-state index in [9.17, 15) is 9.59 Å². The predicted octanol–water partition coefficient (Wildman–Crippen LogP) is 5.69. The van der Waals surface area contributed by atoms with Crippen LogP contribution in [0.3, 0.4) is 0 Å². The number of carbonyl (C=O) groups is 2. The van der Waals surface area contributed by atoms with E-state index in [2.05, 4.69) is 42.3 Å². The van der Waals surface area contributed by atoms with Gasteiger partial charge >= 0.3 is 12.1 Å². The first-order valence-electron chi connectivity index (χ1n) is 10.0. The molecule has 2 N–H and O–H groups in total. The number of anilines is 2. The molecule has 0 radical (unpaired) electrons. The first-order chi connectivity index (χ1) is 14.4. The van der Waals surface area contributed by atoms with E-state index >= 15 is 0 Å². The number of carbonyl (C=O) groups excluding carboxylic acids is 1. The number of hydrogen-bond acceptors (Lipinski definition) is 4. The zero-order chi connectivity index (χ0) is 21.7. The highest BCUT2D eigenvalue weighted by atomic mass is 16.6. The number of fused-ring (bicyclic) bond motifs is 1. The standard InChI is InChI=1S/C24H26N2O4/c1-4-26(5-2)22-13-10-19-14-18(6-7-20(19)15-22)16(3)30-24(29)25-21-11-8-17(9-12-21)23(27)28/h6-16H,4-5H2,1-3H3,(H,25,29)(H,27,28). The number of benzene rings is 3. The van der Waals surface area contributed by atoms with Crippen molar-refractivity contribution < 1.29 is 19.4 Å². The van der Waals surface area contributed by atoms with Crippen molar-refractivity contribution in [2.45, 2.75) is 26.9 Å². The van der Waals surface area contributed by atoms with E-state index in [0.29, 0.717) is 5.69 Å². The summed E-state index contributed by atoms with van der Waals surface area (Å²) >= 11 is 0. The number of rotatable bonds is 7. The molecule has 0 bridgehead atoms. The van der Waals surface area contributed by atoms with Crippen LogP contribution in [0.15, 0.2) is 60.7 Å². The molecule has 0 aliphatic heterocycles. The number of nitrogens with zero attached hydrogens (tertiary/aromatic N) is 1. The molecule has 1 unspecified atom stereocenters. The summed E-state index contributed by atoms with van der Waals surface area (Å²) < 4.78 is 5.49. The molecule has 0 spiro atoms. The highest BCUT2D eigenvalue weighted by molar-refractivity contribution is 5.90. The lowest BCUT2D eigenvalue weighted by atomic mass is 10.0. The maximum Gasteiger partial charge on any atom is 0.412 e. The minimum absolute atomic E-state index is 0.155. The number of nitrogens with one attached hydrogen (secondary N) is 1. The van der Waals surface area contributed by atoms with E-state index in [0.717, 1.165) is 29.4 Å². The van der Waals surface area contributed by atoms with Crippen LogP contribution in [0.1, 0.15) is 42.8 Å². The van der Waals surface area contributed by atoms with E-state index in [1.54, 1.807) is 0 Å². The summed E-state index contributed by atoms with van der Waals surface area (Å²) in [5.41, 5.74) is 2.72.